The molecule has 9 nitrogen and oxygen atoms in total. The number of nitrogens with zero attached hydrogens (tertiary/aromatic N) is 4. The Labute approximate surface area is 253 Å². The molecule has 2 aromatic carbocycles. The monoisotopic (exact) mass is 612 g/mol. The van der Waals surface area contributed by atoms with Crippen LogP contribution < -0.4 is 9.64 Å². The Kier molecular flexibility index (Phi) is 9.22. The number of imide groups is 1. The lowest BCUT2D eigenvalue weighted by Gasteiger charge is -2.26. The van der Waals surface area contributed by atoms with E-state index in [0.717, 1.165) is 0 Å². The summed E-state index contributed by atoms with van der Waals surface area (Å²) in [5.74, 6) is -4.26. The standard InChI is InChI=1S/C32H35F3N4O5/c1-30(2,3)43-28(40)39(29(41)44-31(4,5)6)27-36-25-19-22(15-17-38(25)37-27)23-13-10-14-24(26(23)33)42-18-16-32(34,35)20-21-11-8-7-9-12-21/h7-15,17,19H,16,18,20H2,1-6H3. The highest BCUT2D eigenvalue weighted by Gasteiger charge is 2.35. The van der Waals surface area contributed by atoms with E-state index in [1.807, 2.05) is 0 Å². The van der Waals surface area contributed by atoms with Crippen LogP contribution in [0.5, 0.6) is 5.75 Å². The molecule has 0 bridgehead atoms. The second kappa shape index (κ2) is 12.6. The zero-order valence-corrected chi connectivity index (χ0v) is 25.4. The third-order valence-corrected chi connectivity index (χ3v) is 5.98. The molecule has 2 aromatic heterocycles. The summed E-state index contributed by atoms with van der Waals surface area (Å²) in [6, 6.07) is 15.8. The molecule has 234 valence electrons. The van der Waals surface area contributed by atoms with Gasteiger partial charge in [-0.05, 0) is 70.9 Å². The van der Waals surface area contributed by atoms with Gasteiger partial charge < -0.3 is 14.2 Å². The number of rotatable bonds is 8. The van der Waals surface area contributed by atoms with Gasteiger partial charge >= 0.3 is 12.2 Å². The number of carbonyl (C=O) groups is 2. The highest BCUT2D eigenvalue weighted by molar-refractivity contribution is 6.08. The number of alkyl halides is 2. The summed E-state index contributed by atoms with van der Waals surface area (Å²) in [6.45, 7) is 9.47. The zero-order valence-electron chi connectivity index (χ0n) is 25.4. The van der Waals surface area contributed by atoms with Crippen LogP contribution in [0.1, 0.15) is 53.5 Å². The minimum absolute atomic E-state index is 0.127. The Balaban J connectivity index is 1.55. The summed E-state index contributed by atoms with van der Waals surface area (Å²) in [5, 5.41) is 4.22. The van der Waals surface area contributed by atoms with Gasteiger partial charge in [0.05, 0.1) is 6.61 Å². The normalized spacial score (nSPS) is 12.2. The third-order valence-electron chi connectivity index (χ3n) is 5.98. The molecule has 2 amide bonds. The van der Waals surface area contributed by atoms with Crippen molar-refractivity contribution in [2.45, 2.75) is 71.5 Å². The van der Waals surface area contributed by atoms with Crippen molar-refractivity contribution in [1.29, 1.82) is 0 Å². The molecule has 0 spiro atoms. The van der Waals surface area contributed by atoms with Crippen LogP contribution in [0.15, 0.2) is 66.9 Å². The van der Waals surface area contributed by atoms with Gasteiger partial charge in [0.15, 0.2) is 17.2 Å². The van der Waals surface area contributed by atoms with Gasteiger partial charge in [-0.25, -0.2) is 27.3 Å². The predicted octanol–water partition coefficient (Wildman–Crippen LogP) is 7.86. The topological polar surface area (TPSA) is 95.3 Å². The van der Waals surface area contributed by atoms with Crippen molar-refractivity contribution < 1.29 is 37.0 Å². The zero-order chi connectivity index (χ0) is 32.3. The van der Waals surface area contributed by atoms with E-state index in [2.05, 4.69) is 10.1 Å². The lowest BCUT2D eigenvalue weighted by molar-refractivity contribution is -0.0182. The largest absolute Gasteiger partial charge is 0.490 e. The van der Waals surface area contributed by atoms with E-state index in [4.69, 9.17) is 14.2 Å². The second-order valence-corrected chi connectivity index (χ2v) is 12.2. The van der Waals surface area contributed by atoms with Gasteiger partial charge in [-0.1, -0.05) is 42.5 Å². The number of hydrogen-bond donors (Lipinski definition) is 0. The molecule has 0 N–H and O–H groups in total. The number of ether oxygens (including phenoxy) is 3. The Morgan fingerprint density at radius 2 is 1.52 bits per heavy atom. The maximum absolute atomic E-state index is 15.5. The Bertz CT molecular complexity index is 1600. The van der Waals surface area contributed by atoms with Crippen molar-refractivity contribution in [2.75, 3.05) is 11.5 Å². The molecule has 0 saturated carbocycles. The average molecular weight is 613 g/mol. The fourth-order valence-electron chi connectivity index (χ4n) is 4.12. The van der Waals surface area contributed by atoms with E-state index in [-0.39, 0.29) is 22.9 Å². The van der Waals surface area contributed by atoms with Crippen molar-refractivity contribution in [3.8, 4) is 16.9 Å². The highest BCUT2D eigenvalue weighted by atomic mass is 19.3. The number of carbonyl (C=O) groups excluding carboxylic acids is 2. The predicted molar refractivity (Wildman–Crippen MR) is 159 cm³/mol. The molecule has 4 rings (SSSR count). The average Bonchev–Trinajstić information content (AvgIpc) is 3.30. The first-order chi connectivity index (χ1) is 20.5. The van der Waals surface area contributed by atoms with Crippen LogP contribution in [0.4, 0.5) is 28.7 Å². The Morgan fingerprint density at radius 1 is 0.886 bits per heavy atom. The molecule has 0 unspecified atom stereocenters. The first kappa shape index (κ1) is 32.3. The number of amides is 2. The third kappa shape index (κ3) is 8.48. The van der Waals surface area contributed by atoms with Crippen molar-refractivity contribution in [1.82, 2.24) is 14.6 Å². The first-order valence-electron chi connectivity index (χ1n) is 14.0. The maximum atomic E-state index is 15.5. The van der Waals surface area contributed by atoms with Crippen molar-refractivity contribution in [3.63, 3.8) is 0 Å². The maximum Gasteiger partial charge on any atom is 0.427 e. The Hall–Kier alpha value is -4.61. The van der Waals surface area contributed by atoms with Crippen LogP contribution in [-0.4, -0.2) is 50.5 Å². The quantitative estimate of drug-likeness (QED) is 0.200. The fourth-order valence-corrected chi connectivity index (χ4v) is 4.12. The van der Waals surface area contributed by atoms with E-state index in [1.54, 1.807) is 84.0 Å². The highest BCUT2D eigenvalue weighted by Crippen LogP contribution is 2.31. The van der Waals surface area contributed by atoms with E-state index in [9.17, 15) is 18.4 Å². The van der Waals surface area contributed by atoms with Crippen LogP contribution in [-0.2, 0) is 15.9 Å². The molecular weight excluding hydrogens is 577 g/mol. The van der Waals surface area contributed by atoms with Gasteiger partial charge in [-0.2, -0.15) is 4.98 Å². The van der Waals surface area contributed by atoms with Gasteiger partial charge in [-0.15, -0.1) is 10.00 Å². The summed E-state index contributed by atoms with van der Waals surface area (Å²) in [5.41, 5.74) is -0.673. The van der Waals surface area contributed by atoms with Crippen LogP contribution in [0.25, 0.3) is 16.8 Å². The first-order valence-corrected chi connectivity index (χ1v) is 14.0. The van der Waals surface area contributed by atoms with Gasteiger partial charge in [0.1, 0.15) is 11.2 Å². The molecule has 0 radical (unpaired) electrons. The van der Waals surface area contributed by atoms with Crippen molar-refractivity contribution >= 4 is 23.8 Å². The number of benzene rings is 2. The molecule has 0 fully saturated rings. The smallest absolute Gasteiger partial charge is 0.427 e. The molecule has 44 heavy (non-hydrogen) atoms. The van der Waals surface area contributed by atoms with Gasteiger partial charge in [0, 0.05) is 24.6 Å². The summed E-state index contributed by atoms with van der Waals surface area (Å²) in [4.78, 5) is 30.8. The minimum atomic E-state index is -3.03. The van der Waals surface area contributed by atoms with E-state index >= 15 is 4.39 Å². The number of pyridine rings is 1. The van der Waals surface area contributed by atoms with Crippen molar-refractivity contribution in [2.24, 2.45) is 0 Å². The van der Waals surface area contributed by atoms with Crippen molar-refractivity contribution in [3.05, 3.63) is 78.2 Å². The number of hydrogen-bond acceptors (Lipinski definition) is 7. The minimum Gasteiger partial charge on any atom is -0.490 e. The van der Waals surface area contributed by atoms with E-state index in [1.165, 1.54) is 28.9 Å². The summed E-state index contributed by atoms with van der Waals surface area (Å²) in [7, 11) is 0. The summed E-state index contributed by atoms with van der Waals surface area (Å²) < 4.78 is 61.9. The number of aromatic nitrogens is 3. The van der Waals surface area contributed by atoms with Gasteiger partial charge in [0.25, 0.3) is 11.9 Å². The molecule has 2 heterocycles. The van der Waals surface area contributed by atoms with Gasteiger partial charge in [0.2, 0.25) is 0 Å². The molecule has 4 aromatic rings. The number of halogens is 3. The van der Waals surface area contributed by atoms with Crippen LogP contribution >= 0.6 is 0 Å². The second-order valence-electron chi connectivity index (χ2n) is 12.2. The molecule has 0 saturated heterocycles. The number of fused-ring (bicyclic) bond motifs is 1. The number of anilines is 1. The molecule has 0 atom stereocenters. The lowest BCUT2D eigenvalue weighted by Crippen LogP contribution is -2.44. The molecule has 0 aliphatic heterocycles. The Morgan fingerprint density at radius 3 is 2.14 bits per heavy atom. The van der Waals surface area contributed by atoms with Crippen LogP contribution in [0.3, 0.4) is 0 Å². The fraction of sp³-hybridized carbons (Fsp3) is 0.375. The van der Waals surface area contributed by atoms with Crippen LogP contribution in [0, 0.1) is 5.82 Å². The summed E-state index contributed by atoms with van der Waals surface area (Å²) >= 11 is 0. The van der Waals surface area contributed by atoms with Crippen LogP contribution in [0.2, 0.25) is 0 Å². The summed E-state index contributed by atoms with van der Waals surface area (Å²) in [6.07, 6.45) is -1.63. The molecule has 12 heteroatoms. The van der Waals surface area contributed by atoms with E-state index in [0.29, 0.717) is 16.0 Å². The van der Waals surface area contributed by atoms with E-state index < -0.39 is 54.6 Å². The van der Waals surface area contributed by atoms with Gasteiger partial charge in [-0.3, -0.25) is 0 Å². The SMILES string of the molecule is CC(C)(C)OC(=O)N(C(=O)OC(C)(C)C)c1nc2cc(-c3cccc(OCCC(F)(F)Cc4ccccc4)c3F)ccn2n1. The molecule has 0 aliphatic rings. The molecule has 0 aliphatic carbocycles. The lowest BCUT2D eigenvalue weighted by atomic mass is 10.1. The molecular formula is C32H35F3N4O5.